The van der Waals surface area contributed by atoms with Crippen molar-refractivity contribution < 1.29 is 14.0 Å². The largest absolute Gasteiger partial charge is 0.467 e. The van der Waals surface area contributed by atoms with Gasteiger partial charge in [-0.05, 0) is 61.6 Å². The monoisotopic (exact) mass is 381 g/mol. The first-order chi connectivity index (χ1) is 13.5. The van der Waals surface area contributed by atoms with Gasteiger partial charge in [0.15, 0.2) is 0 Å². The molecule has 2 saturated carbocycles. The number of carbonyl (C=O) groups excluding carboxylic acids is 2. The zero-order chi connectivity index (χ0) is 19.7. The number of furan rings is 1. The van der Waals surface area contributed by atoms with Crippen molar-refractivity contribution in [2.75, 3.05) is 24.3 Å². The topological polar surface area (TPSA) is 65.8 Å². The van der Waals surface area contributed by atoms with E-state index in [0.29, 0.717) is 13.1 Å². The van der Waals surface area contributed by atoms with Crippen LogP contribution in [0.2, 0.25) is 0 Å². The van der Waals surface area contributed by atoms with Gasteiger partial charge in [-0.2, -0.15) is 0 Å². The molecule has 0 atom stereocenters. The van der Waals surface area contributed by atoms with Crippen LogP contribution in [0.15, 0.2) is 41.0 Å². The SMILES string of the molecule is CN(C)c1ccc(NC(=O)C2CC2)cc1CN(Cc1ccco1)C(=O)C1CC1. The fraction of sp³-hybridized carbons (Fsp3) is 0.455. The van der Waals surface area contributed by atoms with Crippen LogP contribution >= 0.6 is 0 Å². The molecule has 4 rings (SSSR count). The molecule has 1 heterocycles. The summed E-state index contributed by atoms with van der Waals surface area (Å²) >= 11 is 0. The summed E-state index contributed by atoms with van der Waals surface area (Å²) in [5.74, 6) is 1.33. The zero-order valence-electron chi connectivity index (χ0n) is 16.5. The molecule has 2 fully saturated rings. The van der Waals surface area contributed by atoms with Gasteiger partial charge in [0.1, 0.15) is 5.76 Å². The van der Waals surface area contributed by atoms with E-state index in [1.807, 2.05) is 54.2 Å². The van der Waals surface area contributed by atoms with E-state index >= 15 is 0 Å². The smallest absolute Gasteiger partial charge is 0.227 e. The third kappa shape index (κ3) is 4.38. The van der Waals surface area contributed by atoms with Gasteiger partial charge in [-0.1, -0.05) is 0 Å². The van der Waals surface area contributed by atoms with Crippen LogP contribution in [0.25, 0.3) is 0 Å². The zero-order valence-corrected chi connectivity index (χ0v) is 16.5. The quantitative estimate of drug-likeness (QED) is 0.758. The maximum absolute atomic E-state index is 12.9. The van der Waals surface area contributed by atoms with Crippen molar-refractivity contribution in [2.24, 2.45) is 11.8 Å². The van der Waals surface area contributed by atoms with E-state index in [4.69, 9.17) is 4.42 Å². The predicted molar refractivity (Wildman–Crippen MR) is 108 cm³/mol. The number of anilines is 2. The highest BCUT2D eigenvalue weighted by atomic mass is 16.3. The Balaban J connectivity index is 1.57. The minimum absolute atomic E-state index is 0.0880. The molecule has 0 aliphatic heterocycles. The second-order valence-electron chi connectivity index (χ2n) is 8.05. The molecule has 2 amide bonds. The number of rotatable bonds is 8. The normalized spacial score (nSPS) is 15.9. The first-order valence-electron chi connectivity index (χ1n) is 9.93. The summed E-state index contributed by atoms with van der Waals surface area (Å²) in [6, 6.07) is 9.66. The Morgan fingerprint density at radius 3 is 2.43 bits per heavy atom. The first-order valence-corrected chi connectivity index (χ1v) is 9.93. The third-order valence-electron chi connectivity index (χ3n) is 5.30. The van der Waals surface area contributed by atoms with E-state index in [1.54, 1.807) is 6.26 Å². The van der Waals surface area contributed by atoms with Crippen molar-refractivity contribution in [3.05, 3.63) is 47.9 Å². The second kappa shape index (κ2) is 7.70. The van der Waals surface area contributed by atoms with Gasteiger partial charge < -0.3 is 19.5 Å². The number of carbonyl (C=O) groups is 2. The number of hydrogen-bond acceptors (Lipinski definition) is 4. The summed E-state index contributed by atoms with van der Waals surface area (Å²) in [6.07, 6.45) is 5.51. The summed E-state index contributed by atoms with van der Waals surface area (Å²) < 4.78 is 5.48. The molecule has 0 saturated heterocycles. The molecule has 0 spiro atoms. The van der Waals surface area contributed by atoms with E-state index in [0.717, 1.165) is 48.4 Å². The summed E-state index contributed by atoms with van der Waals surface area (Å²) in [6.45, 7) is 0.935. The maximum Gasteiger partial charge on any atom is 0.227 e. The number of amides is 2. The number of nitrogens with zero attached hydrogens (tertiary/aromatic N) is 2. The maximum atomic E-state index is 12.9. The van der Waals surface area contributed by atoms with Gasteiger partial charge in [-0.3, -0.25) is 9.59 Å². The van der Waals surface area contributed by atoms with Crippen molar-refractivity contribution in [3.63, 3.8) is 0 Å². The lowest BCUT2D eigenvalue weighted by molar-refractivity contribution is -0.134. The van der Waals surface area contributed by atoms with Gasteiger partial charge in [0, 0.05) is 43.9 Å². The van der Waals surface area contributed by atoms with Crippen molar-refractivity contribution in [3.8, 4) is 0 Å². The number of benzene rings is 1. The van der Waals surface area contributed by atoms with Crippen LogP contribution < -0.4 is 10.2 Å². The highest BCUT2D eigenvalue weighted by Crippen LogP contribution is 2.34. The van der Waals surface area contributed by atoms with Crippen molar-refractivity contribution >= 4 is 23.2 Å². The summed E-state index contributed by atoms with van der Waals surface area (Å²) in [4.78, 5) is 28.9. The molecule has 2 aromatic rings. The van der Waals surface area contributed by atoms with E-state index < -0.39 is 0 Å². The molecule has 6 nitrogen and oxygen atoms in total. The van der Waals surface area contributed by atoms with Crippen LogP contribution in [0, 0.1) is 11.8 Å². The molecule has 0 unspecified atom stereocenters. The van der Waals surface area contributed by atoms with Gasteiger partial charge in [-0.15, -0.1) is 0 Å². The average Bonchev–Trinajstić information content (AvgIpc) is 3.58. The minimum Gasteiger partial charge on any atom is -0.467 e. The Morgan fingerprint density at radius 1 is 1.07 bits per heavy atom. The van der Waals surface area contributed by atoms with Crippen LogP contribution in [0.1, 0.15) is 37.0 Å². The molecule has 148 valence electrons. The van der Waals surface area contributed by atoms with Gasteiger partial charge in [0.05, 0.1) is 12.8 Å². The van der Waals surface area contributed by atoms with E-state index in [-0.39, 0.29) is 23.7 Å². The summed E-state index contributed by atoms with van der Waals surface area (Å²) in [5.41, 5.74) is 2.84. The molecule has 2 aliphatic rings. The van der Waals surface area contributed by atoms with Crippen LogP contribution in [0.4, 0.5) is 11.4 Å². The molecule has 0 radical (unpaired) electrons. The Labute approximate surface area is 165 Å². The Kier molecular flexibility index (Phi) is 5.11. The average molecular weight is 381 g/mol. The molecule has 1 aromatic carbocycles. The van der Waals surface area contributed by atoms with Crippen LogP contribution in [0.5, 0.6) is 0 Å². The fourth-order valence-corrected chi connectivity index (χ4v) is 3.41. The van der Waals surface area contributed by atoms with Crippen LogP contribution in [-0.2, 0) is 22.7 Å². The van der Waals surface area contributed by atoms with Crippen LogP contribution in [0.3, 0.4) is 0 Å². The van der Waals surface area contributed by atoms with Gasteiger partial charge in [0.2, 0.25) is 11.8 Å². The lowest BCUT2D eigenvalue weighted by atomic mass is 10.1. The van der Waals surface area contributed by atoms with E-state index in [9.17, 15) is 9.59 Å². The predicted octanol–water partition coefficient (Wildman–Crippen LogP) is 3.63. The molecular formula is C22H27N3O3. The molecule has 1 N–H and O–H groups in total. The highest BCUT2D eigenvalue weighted by Gasteiger charge is 2.34. The van der Waals surface area contributed by atoms with Crippen molar-refractivity contribution in [1.29, 1.82) is 0 Å². The lowest BCUT2D eigenvalue weighted by Crippen LogP contribution is -2.32. The van der Waals surface area contributed by atoms with Crippen molar-refractivity contribution in [2.45, 2.75) is 38.8 Å². The van der Waals surface area contributed by atoms with Crippen LogP contribution in [-0.4, -0.2) is 30.8 Å². The van der Waals surface area contributed by atoms with E-state index in [2.05, 4.69) is 5.32 Å². The highest BCUT2D eigenvalue weighted by molar-refractivity contribution is 5.94. The molecule has 1 aromatic heterocycles. The Hall–Kier alpha value is -2.76. The Bertz CT molecular complexity index is 852. The molecule has 6 heteroatoms. The van der Waals surface area contributed by atoms with E-state index in [1.165, 1.54) is 0 Å². The van der Waals surface area contributed by atoms with Crippen molar-refractivity contribution in [1.82, 2.24) is 4.90 Å². The number of hydrogen-bond donors (Lipinski definition) is 1. The fourth-order valence-electron chi connectivity index (χ4n) is 3.41. The molecular weight excluding hydrogens is 354 g/mol. The lowest BCUT2D eigenvalue weighted by Gasteiger charge is -2.26. The summed E-state index contributed by atoms with van der Waals surface area (Å²) in [5, 5.41) is 3.01. The molecule has 28 heavy (non-hydrogen) atoms. The molecule has 2 aliphatic carbocycles. The standard InChI is InChI=1S/C22H27N3O3/c1-24(2)20-10-9-18(23-21(26)15-5-6-15)12-17(20)13-25(22(27)16-7-8-16)14-19-4-3-11-28-19/h3-4,9-12,15-16H,5-8,13-14H2,1-2H3,(H,23,26). The second-order valence-corrected chi connectivity index (χ2v) is 8.05. The Morgan fingerprint density at radius 2 is 1.82 bits per heavy atom. The summed E-state index contributed by atoms with van der Waals surface area (Å²) in [7, 11) is 3.97. The third-order valence-corrected chi connectivity index (χ3v) is 5.30. The molecule has 0 bridgehead atoms. The van der Waals surface area contributed by atoms with Gasteiger partial charge in [-0.25, -0.2) is 0 Å². The minimum atomic E-state index is 0.0880. The first kappa shape index (κ1) is 18.6. The van der Waals surface area contributed by atoms with Gasteiger partial charge in [0.25, 0.3) is 0 Å². The number of nitrogens with one attached hydrogen (secondary N) is 1. The van der Waals surface area contributed by atoms with Gasteiger partial charge >= 0.3 is 0 Å².